The number of nitriles is 1. The van der Waals surface area contributed by atoms with Crippen molar-refractivity contribution in [1.82, 2.24) is 5.32 Å². The highest BCUT2D eigenvalue weighted by atomic mass is 35.5. The molecule has 8 heteroatoms. The summed E-state index contributed by atoms with van der Waals surface area (Å²) in [6, 6.07) is 4.54. The molecule has 1 N–H and O–H groups in total. The fourth-order valence-corrected chi connectivity index (χ4v) is 2.35. The van der Waals surface area contributed by atoms with Crippen LogP contribution in [0.3, 0.4) is 0 Å². The average Bonchev–Trinajstić information content (AvgIpc) is 2.52. The van der Waals surface area contributed by atoms with Crippen LogP contribution in [0.4, 0.5) is 8.78 Å². The molecule has 2 unspecified atom stereocenters. The number of hydrogen-bond acceptors (Lipinski definition) is 3. The van der Waals surface area contributed by atoms with E-state index in [9.17, 15) is 13.6 Å². The highest BCUT2D eigenvalue weighted by Crippen LogP contribution is 2.33. The molecular formula is C16H18Cl2F2N2O2. The van der Waals surface area contributed by atoms with Crippen molar-refractivity contribution in [1.29, 1.82) is 5.26 Å². The maximum absolute atomic E-state index is 13.3. The highest BCUT2D eigenvalue weighted by Gasteiger charge is 2.46. The largest absolute Gasteiger partial charge is 0.479 e. The van der Waals surface area contributed by atoms with Gasteiger partial charge in [0.1, 0.15) is 5.75 Å². The van der Waals surface area contributed by atoms with Gasteiger partial charge in [0.15, 0.2) is 11.6 Å². The molecule has 2 atom stereocenters. The number of ether oxygens (including phenoxy) is 1. The van der Waals surface area contributed by atoms with Gasteiger partial charge in [0.2, 0.25) is 0 Å². The second kappa shape index (κ2) is 8.00. The van der Waals surface area contributed by atoms with Gasteiger partial charge in [0, 0.05) is 5.02 Å². The number of rotatable bonds is 6. The monoisotopic (exact) mass is 378 g/mol. The van der Waals surface area contributed by atoms with Gasteiger partial charge in [-0.2, -0.15) is 5.26 Å². The number of amides is 1. The van der Waals surface area contributed by atoms with Crippen molar-refractivity contribution in [3.63, 3.8) is 0 Å². The van der Waals surface area contributed by atoms with E-state index in [0.717, 1.165) is 0 Å². The van der Waals surface area contributed by atoms with Gasteiger partial charge in [-0.15, -0.1) is 0 Å². The smallest absolute Gasteiger partial charge is 0.274 e. The molecule has 1 aromatic carbocycles. The fraction of sp³-hybridized carbons (Fsp3) is 0.500. The third-order valence-electron chi connectivity index (χ3n) is 3.73. The minimum Gasteiger partial charge on any atom is -0.479 e. The van der Waals surface area contributed by atoms with Gasteiger partial charge < -0.3 is 10.1 Å². The van der Waals surface area contributed by atoms with E-state index < -0.39 is 29.9 Å². The average molecular weight is 379 g/mol. The molecule has 0 aliphatic rings. The first kappa shape index (κ1) is 20.5. The number of hydrogen-bond donors (Lipinski definition) is 1. The summed E-state index contributed by atoms with van der Waals surface area (Å²) >= 11 is 12.0. The third kappa shape index (κ3) is 4.08. The zero-order chi connectivity index (χ0) is 18.7. The van der Waals surface area contributed by atoms with Gasteiger partial charge >= 0.3 is 0 Å². The van der Waals surface area contributed by atoms with Crippen LogP contribution in [0.1, 0.15) is 26.3 Å². The van der Waals surface area contributed by atoms with Gasteiger partial charge in [0.05, 0.1) is 11.1 Å². The Morgan fingerprint density at radius 3 is 2.38 bits per heavy atom. The summed E-state index contributed by atoms with van der Waals surface area (Å²) in [6.45, 7) is 5.92. The van der Waals surface area contributed by atoms with Crippen LogP contribution in [0, 0.1) is 24.2 Å². The zero-order valence-corrected chi connectivity index (χ0v) is 15.2. The van der Waals surface area contributed by atoms with E-state index >= 15 is 0 Å². The Bertz CT molecular complexity index is 652. The molecule has 132 valence electrons. The minimum atomic E-state index is -3.04. The van der Waals surface area contributed by atoms with Crippen LogP contribution >= 0.6 is 23.2 Å². The molecule has 0 aliphatic carbocycles. The molecule has 0 radical (unpaired) electrons. The van der Waals surface area contributed by atoms with Crippen LogP contribution in [0.15, 0.2) is 12.1 Å². The second-order valence-electron chi connectivity index (χ2n) is 5.67. The highest BCUT2D eigenvalue weighted by molar-refractivity contribution is 6.36. The number of carbonyl (C=O) groups excluding carboxylic acids is 1. The Kier molecular flexibility index (Phi) is 6.82. The molecule has 0 saturated heterocycles. The van der Waals surface area contributed by atoms with Crippen molar-refractivity contribution >= 4 is 29.1 Å². The molecule has 1 rings (SSSR count). The van der Waals surface area contributed by atoms with Gasteiger partial charge in [-0.25, -0.2) is 8.78 Å². The summed E-state index contributed by atoms with van der Waals surface area (Å²) in [5, 5.41) is 11.9. The van der Waals surface area contributed by atoms with E-state index in [1.54, 1.807) is 13.0 Å². The first-order valence-electron chi connectivity index (χ1n) is 7.19. The molecule has 0 spiro atoms. The SMILES string of the molecule is Cc1c(Cl)ccc(OC(C)C(=O)NC(C#N)(C(C)C)C(F)F)c1Cl. The molecule has 1 amide bonds. The lowest BCUT2D eigenvalue weighted by Gasteiger charge is -2.31. The van der Waals surface area contributed by atoms with Crippen molar-refractivity contribution < 1.29 is 18.3 Å². The number of carbonyl (C=O) groups is 1. The third-order valence-corrected chi connectivity index (χ3v) is 4.61. The van der Waals surface area contributed by atoms with Gasteiger partial charge in [-0.1, -0.05) is 37.0 Å². The number of halogens is 4. The minimum absolute atomic E-state index is 0.199. The number of alkyl halides is 2. The Morgan fingerprint density at radius 2 is 1.92 bits per heavy atom. The summed E-state index contributed by atoms with van der Waals surface area (Å²) in [7, 11) is 0. The lowest BCUT2D eigenvalue weighted by Crippen LogP contribution is -2.59. The Labute approximate surface area is 149 Å². The summed E-state index contributed by atoms with van der Waals surface area (Å²) in [4.78, 5) is 12.2. The molecule has 0 bridgehead atoms. The first-order chi connectivity index (χ1) is 11.1. The topological polar surface area (TPSA) is 62.1 Å². The fourth-order valence-electron chi connectivity index (χ4n) is 1.93. The van der Waals surface area contributed by atoms with E-state index in [0.29, 0.717) is 10.6 Å². The predicted molar refractivity (Wildman–Crippen MR) is 88.6 cm³/mol. The Hall–Kier alpha value is -1.58. The molecule has 0 saturated carbocycles. The van der Waals surface area contributed by atoms with Crippen LogP contribution in [-0.4, -0.2) is 24.0 Å². The summed E-state index contributed by atoms with van der Waals surface area (Å²) < 4.78 is 32.0. The number of nitrogens with one attached hydrogen (secondary N) is 1. The standard InChI is InChI=1S/C16H18Cl2F2N2O2/c1-8(2)16(7-21,15(19)20)22-14(23)10(4)24-12-6-5-11(17)9(3)13(12)18/h5-6,8,10,15H,1-4H3,(H,22,23). The van der Waals surface area contributed by atoms with Crippen LogP contribution in [0.5, 0.6) is 5.75 Å². The molecule has 0 fully saturated rings. The second-order valence-corrected chi connectivity index (χ2v) is 6.46. The zero-order valence-electron chi connectivity index (χ0n) is 13.7. The molecule has 0 aliphatic heterocycles. The lowest BCUT2D eigenvalue weighted by atomic mass is 9.88. The van der Waals surface area contributed by atoms with Crippen LogP contribution in [0.25, 0.3) is 0 Å². The van der Waals surface area contributed by atoms with E-state index in [-0.39, 0.29) is 10.8 Å². The lowest BCUT2D eigenvalue weighted by molar-refractivity contribution is -0.131. The van der Waals surface area contributed by atoms with Crippen molar-refractivity contribution in [2.75, 3.05) is 0 Å². The van der Waals surface area contributed by atoms with Crippen molar-refractivity contribution in [3.8, 4) is 11.8 Å². The maximum Gasteiger partial charge on any atom is 0.274 e. The molecule has 1 aromatic rings. The normalized spacial score (nSPS) is 14.9. The van der Waals surface area contributed by atoms with E-state index in [1.807, 2.05) is 0 Å². The van der Waals surface area contributed by atoms with Crippen LogP contribution in [0.2, 0.25) is 10.0 Å². The van der Waals surface area contributed by atoms with Crippen LogP contribution in [-0.2, 0) is 4.79 Å². The number of benzene rings is 1. The predicted octanol–water partition coefficient (Wildman–Crippen LogP) is 4.37. The van der Waals surface area contributed by atoms with Gasteiger partial charge in [0.25, 0.3) is 12.3 Å². The number of nitrogens with zero attached hydrogens (tertiary/aromatic N) is 1. The van der Waals surface area contributed by atoms with Gasteiger partial charge in [-0.05, 0) is 37.5 Å². The summed E-state index contributed by atoms with van der Waals surface area (Å²) in [5.41, 5.74) is -1.71. The van der Waals surface area contributed by atoms with Gasteiger partial charge in [-0.3, -0.25) is 4.79 Å². The van der Waals surface area contributed by atoms with E-state index in [4.69, 9.17) is 33.2 Å². The van der Waals surface area contributed by atoms with E-state index in [1.165, 1.54) is 32.9 Å². The molecular weight excluding hydrogens is 361 g/mol. The molecule has 24 heavy (non-hydrogen) atoms. The summed E-state index contributed by atoms with van der Waals surface area (Å²) in [6.07, 6.45) is -4.17. The maximum atomic E-state index is 13.3. The van der Waals surface area contributed by atoms with Crippen molar-refractivity contribution in [2.24, 2.45) is 5.92 Å². The molecule has 0 aromatic heterocycles. The molecule has 4 nitrogen and oxygen atoms in total. The first-order valence-corrected chi connectivity index (χ1v) is 7.95. The Morgan fingerprint density at radius 1 is 1.33 bits per heavy atom. The van der Waals surface area contributed by atoms with E-state index in [2.05, 4.69) is 5.32 Å². The van der Waals surface area contributed by atoms with Crippen LogP contribution < -0.4 is 10.1 Å². The Balaban J connectivity index is 2.97. The molecule has 0 heterocycles. The quantitative estimate of drug-likeness (QED) is 0.799. The van der Waals surface area contributed by atoms with Crippen molar-refractivity contribution in [2.45, 2.75) is 45.8 Å². The summed E-state index contributed by atoms with van der Waals surface area (Å²) in [5.74, 6) is -1.43. The van der Waals surface area contributed by atoms with Crippen molar-refractivity contribution in [3.05, 3.63) is 27.7 Å².